The molecule has 2 rings (SSSR count). The minimum atomic E-state index is -3.49. The summed E-state index contributed by atoms with van der Waals surface area (Å²) < 4.78 is 36.4. The smallest absolute Gasteiger partial charge is 0.235 e. The van der Waals surface area contributed by atoms with Crippen LogP contribution in [0.25, 0.3) is 0 Å². The number of carbonyl (C=O) groups excluding carboxylic acids is 1. The van der Waals surface area contributed by atoms with Crippen LogP contribution in [-0.2, 0) is 24.3 Å². The molecule has 116 valence electrons. The van der Waals surface area contributed by atoms with E-state index in [0.717, 1.165) is 19.3 Å². The van der Waals surface area contributed by atoms with Crippen LogP contribution in [0.5, 0.6) is 0 Å². The summed E-state index contributed by atoms with van der Waals surface area (Å²) in [5.74, 6) is -0.124. The molecule has 0 aromatic rings. The topological polar surface area (TPSA) is 81.7 Å². The molecule has 2 atom stereocenters. The Kier molecular flexibility index (Phi) is 5.40. The van der Waals surface area contributed by atoms with Gasteiger partial charge < -0.3 is 9.47 Å². The standard InChI is InChI=1S/C13H23NO5S/c1-18-12-8-19-6-5-11(12)7-13(15)14-20(16,17)9-10-3-2-4-10/h10-12H,2-9H2,1H3,(H,14,15). The zero-order chi connectivity index (χ0) is 14.6. The van der Waals surface area contributed by atoms with Gasteiger partial charge in [-0.15, -0.1) is 0 Å². The first-order chi connectivity index (χ1) is 9.50. The zero-order valence-electron chi connectivity index (χ0n) is 11.8. The summed E-state index contributed by atoms with van der Waals surface area (Å²) in [7, 11) is -1.91. The molecule has 7 heteroatoms. The summed E-state index contributed by atoms with van der Waals surface area (Å²) in [6, 6.07) is 0. The van der Waals surface area contributed by atoms with Crippen LogP contribution in [0, 0.1) is 11.8 Å². The second-order valence-corrected chi connectivity index (χ2v) is 7.47. The second-order valence-electron chi connectivity index (χ2n) is 5.71. The molecule has 1 amide bonds. The molecule has 0 bridgehead atoms. The Hall–Kier alpha value is -0.660. The molecule has 2 aliphatic rings. The molecule has 0 spiro atoms. The van der Waals surface area contributed by atoms with Crippen LogP contribution in [0.3, 0.4) is 0 Å². The lowest BCUT2D eigenvalue weighted by Crippen LogP contribution is -2.40. The number of amides is 1. The van der Waals surface area contributed by atoms with Crippen LogP contribution in [0.2, 0.25) is 0 Å². The van der Waals surface area contributed by atoms with Gasteiger partial charge in [0.1, 0.15) is 0 Å². The van der Waals surface area contributed by atoms with E-state index in [2.05, 4.69) is 4.72 Å². The van der Waals surface area contributed by atoms with E-state index >= 15 is 0 Å². The van der Waals surface area contributed by atoms with Gasteiger partial charge in [-0.2, -0.15) is 0 Å². The first-order valence-electron chi connectivity index (χ1n) is 7.14. The highest BCUT2D eigenvalue weighted by molar-refractivity contribution is 7.90. The molecule has 0 aromatic heterocycles. The van der Waals surface area contributed by atoms with E-state index in [-0.39, 0.29) is 30.1 Å². The highest BCUT2D eigenvalue weighted by Gasteiger charge is 2.30. The summed E-state index contributed by atoms with van der Waals surface area (Å²) >= 11 is 0. The van der Waals surface area contributed by atoms with Crippen LogP contribution in [0.1, 0.15) is 32.1 Å². The predicted octanol–water partition coefficient (Wildman–Crippen LogP) is 0.674. The minimum absolute atomic E-state index is 0.0210. The van der Waals surface area contributed by atoms with Gasteiger partial charge in [0.25, 0.3) is 0 Å². The first-order valence-corrected chi connectivity index (χ1v) is 8.79. The fraction of sp³-hybridized carbons (Fsp3) is 0.923. The Bertz CT molecular complexity index is 432. The Balaban J connectivity index is 1.81. The average Bonchev–Trinajstić information content (AvgIpc) is 2.34. The van der Waals surface area contributed by atoms with Gasteiger partial charge in [0, 0.05) is 20.1 Å². The van der Waals surface area contributed by atoms with Crippen molar-refractivity contribution in [2.24, 2.45) is 11.8 Å². The van der Waals surface area contributed by atoms with Crippen molar-refractivity contribution in [3.05, 3.63) is 0 Å². The Labute approximate surface area is 120 Å². The number of hydrogen-bond donors (Lipinski definition) is 1. The van der Waals surface area contributed by atoms with Crippen molar-refractivity contribution in [1.29, 1.82) is 0 Å². The van der Waals surface area contributed by atoms with Crippen molar-refractivity contribution in [3.63, 3.8) is 0 Å². The van der Waals surface area contributed by atoms with E-state index < -0.39 is 15.9 Å². The molecule has 1 saturated carbocycles. The number of nitrogens with one attached hydrogen (secondary N) is 1. The molecule has 20 heavy (non-hydrogen) atoms. The highest BCUT2D eigenvalue weighted by Crippen LogP contribution is 2.27. The van der Waals surface area contributed by atoms with E-state index in [1.807, 2.05) is 0 Å². The quantitative estimate of drug-likeness (QED) is 0.780. The first kappa shape index (κ1) is 15.7. The van der Waals surface area contributed by atoms with Crippen LogP contribution >= 0.6 is 0 Å². The van der Waals surface area contributed by atoms with Gasteiger partial charge in [0.05, 0.1) is 18.5 Å². The third kappa shape index (κ3) is 4.43. The molecule has 1 aliphatic carbocycles. The van der Waals surface area contributed by atoms with E-state index in [1.54, 1.807) is 7.11 Å². The maximum absolute atomic E-state index is 11.9. The van der Waals surface area contributed by atoms with Gasteiger partial charge >= 0.3 is 0 Å². The fourth-order valence-corrected chi connectivity index (χ4v) is 4.18. The van der Waals surface area contributed by atoms with Gasteiger partial charge in [-0.1, -0.05) is 6.42 Å². The molecule has 1 saturated heterocycles. The lowest BCUT2D eigenvalue weighted by molar-refractivity contribution is -0.124. The molecule has 0 aromatic carbocycles. The molecule has 1 heterocycles. The van der Waals surface area contributed by atoms with Crippen molar-refractivity contribution in [2.75, 3.05) is 26.1 Å². The lowest BCUT2D eigenvalue weighted by Gasteiger charge is -2.30. The molecular weight excluding hydrogens is 282 g/mol. The molecule has 1 aliphatic heterocycles. The molecule has 2 fully saturated rings. The zero-order valence-corrected chi connectivity index (χ0v) is 12.7. The van der Waals surface area contributed by atoms with Crippen molar-refractivity contribution >= 4 is 15.9 Å². The number of ether oxygens (including phenoxy) is 2. The largest absolute Gasteiger partial charge is 0.379 e. The van der Waals surface area contributed by atoms with Crippen molar-refractivity contribution in [2.45, 2.75) is 38.2 Å². The third-order valence-corrected chi connectivity index (χ3v) is 5.59. The van der Waals surface area contributed by atoms with E-state index in [4.69, 9.17) is 9.47 Å². The van der Waals surface area contributed by atoms with Gasteiger partial charge in [0.2, 0.25) is 15.9 Å². The normalized spacial score (nSPS) is 27.9. The number of carbonyl (C=O) groups is 1. The summed E-state index contributed by atoms with van der Waals surface area (Å²) in [5, 5.41) is 0. The van der Waals surface area contributed by atoms with Gasteiger partial charge in [-0.25, -0.2) is 8.42 Å². The van der Waals surface area contributed by atoms with Crippen LogP contribution in [0.4, 0.5) is 0 Å². The molecule has 0 radical (unpaired) electrons. The van der Waals surface area contributed by atoms with E-state index in [9.17, 15) is 13.2 Å². The van der Waals surface area contributed by atoms with Crippen molar-refractivity contribution < 1.29 is 22.7 Å². The monoisotopic (exact) mass is 305 g/mol. The van der Waals surface area contributed by atoms with Gasteiger partial charge in [-0.3, -0.25) is 9.52 Å². The van der Waals surface area contributed by atoms with Gasteiger partial charge in [0.15, 0.2) is 0 Å². The maximum Gasteiger partial charge on any atom is 0.235 e. The SMILES string of the molecule is COC1COCCC1CC(=O)NS(=O)(=O)CC1CCC1. The Morgan fingerprint density at radius 3 is 2.70 bits per heavy atom. The Morgan fingerprint density at radius 1 is 1.35 bits per heavy atom. The average molecular weight is 305 g/mol. The lowest BCUT2D eigenvalue weighted by atomic mass is 9.87. The van der Waals surface area contributed by atoms with Crippen molar-refractivity contribution in [3.8, 4) is 0 Å². The molecule has 2 unspecified atom stereocenters. The fourth-order valence-electron chi connectivity index (χ4n) is 2.71. The van der Waals surface area contributed by atoms with Gasteiger partial charge in [-0.05, 0) is 31.1 Å². The number of rotatable bonds is 6. The predicted molar refractivity (Wildman–Crippen MR) is 73.6 cm³/mol. The molecular formula is C13H23NO5S. The van der Waals surface area contributed by atoms with Crippen LogP contribution in [-0.4, -0.2) is 46.5 Å². The third-order valence-electron chi connectivity index (χ3n) is 4.14. The number of hydrogen-bond acceptors (Lipinski definition) is 5. The minimum Gasteiger partial charge on any atom is -0.379 e. The second kappa shape index (κ2) is 6.87. The summed E-state index contributed by atoms with van der Waals surface area (Å²) in [5.41, 5.74) is 0. The molecule has 6 nitrogen and oxygen atoms in total. The summed E-state index contributed by atoms with van der Waals surface area (Å²) in [4.78, 5) is 11.9. The summed E-state index contributed by atoms with van der Waals surface area (Å²) in [6.45, 7) is 1.05. The highest BCUT2D eigenvalue weighted by atomic mass is 32.2. The van der Waals surface area contributed by atoms with E-state index in [0.29, 0.717) is 19.6 Å². The maximum atomic E-state index is 11.9. The summed E-state index contributed by atoms with van der Waals surface area (Å²) in [6.07, 6.45) is 3.73. The van der Waals surface area contributed by atoms with Crippen LogP contribution in [0.15, 0.2) is 0 Å². The van der Waals surface area contributed by atoms with Crippen LogP contribution < -0.4 is 4.72 Å². The van der Waals surface area contributed by atoms with Crippen molar-refractivity contribution in [1.82, 2.24) is 4.72 Å². The van der Waals surface area contributed by atoms with E-state index in [1.165, 1.54) is 0 Å². The number of methoxy groups -OCH3 is 1. The Morgan fingerprint density at radius 2 is 2.10 bits per heavy atom. The molecule has 1 N–H and O–H groups in total. The number of sulfonamides is 1.